The summed E-state index contributed by atoms with van der Waals surface area (Å²) >= 11 is 0. The van der Waals surface area contributed by atoms with Crippen LogP contribution in [0, 0.1) is 5.41 Å². The lowest BCUT2D eigenvalue weighted by molar-refractivity contribution is -0.121. The highest BCUT2D eigenvalue weighted by Crippen LogP contribution is 2.40. The zero-order chi connectivity index (χ0) is 15.6. The van der Waals surface area contributed by atoms with Gasteiger partial charge in [0.05, 0.1) is 18.4 Å². The molecule has 2 aliphatic heterocycles. The molecule has 1 amide bonds. The number of methoxy groups -OCH3 is 1. The summed E-state index contributed by atoms with van der Waals surface area (Å²) in [6, 6.07) is 7.21. The molecule has 2 fully saturated rings. The third kappa shape index (κ3) is 3.51. The lowest BCUT2D eigenvalue weighted by Gasteiger charge is -2.45. The average Bonchev–Trinajstić information content (AvgIpc) is 2.57. The molecular formula is C17H23ClN2O3. The normalized spacial score (nSPS) is 20.0. The molecule has 2 saturated heterocycles. The maximum Gasteiger partial charge on any atom is 0.339 e. The predicted octanol–water partition coefficient (Wildman–Crippen LogP) is 2.39. The molecule has 3 rings (SSSR count). The van der Waals surface area contributed by atoms with Crippen molar-refractivity contribution in [2.75, 3.05) is 31.6 Å². The summed E-state index contributed by atoms with van der Waals surface area (Å²) in [5, 5.41) is 3.38. The minimum absolute atomic E-state index is 0. The minimum atomic E-state index is -0.395. The molecular weight excluding hydrogens is 316 g/mol. The molecule has 0 aliphatic carbocycles. The first-order valence-corrected chi connectivity index (χ1v) is 7.84. The Morgan fingerprint density at radius 2 is 1.91 bits per heavy atom. The van der Waals surface area contributed by atoms with Crippen LogP contribution in [0.15, 0.2) is 24.3 Å². The number of ether oxygens (including phenoxy) is 1. The van der Waals surface area contributed by atoms with E-state index in [4.69, 9.17) is 4.74 Å². The van der Waals surface area contributed by atoms with Crippen LogP contribution in [0.1, 0.15) is 36.0 Å². The topological polar surface area (TPSA) is 58.6 Å². The number of carbonyl (C=O) groups excluding carboxylic acids is 2. The van der Waals surface area contributed by atoms with Crippen molar-refractivity contribution in [3.8, 4) is 0 Å². The summed E-state index contributed by atoms with van der Waals surface area (Å²) in [7, 11) is 1.37. The third-order valence-corrected chi connectivity index (χ3v) is 4.93. The number of nitrogens with zero attached hydrogens (tertiary/aromatic N) is 1. The number of para-hydroxylation sites is 1. The molecule has 1 aromatic carbocycles. The van der Waals surface area contributed by atoms with E-state index in [1.165, 1.54) is 7.11 Å². The van der Waals surface area contributed by atoms with Gasteiger partial charge in [0.15, 0.2) is 0 Å². The molecule has 6 heteroatoms. The number of hydrogen-bond donors (Lipinski definition) is 1. The number of rotatable bonds is 2. The molecule has 2 heterocycles. The van der Waals surface area contributed by atoms with Crippen molar-refractivity contribution < 1.29 is 14.3 Å². The first-order chi connectivity index (χ1) is 10.7. The van der Waals surface area contributed by atoms with Gasteiger partial charge in [-0.3, -0.25) is 4.79 Å². The summed E-state index contributed by atoms with van der Waals surface area (Å²) in [5.74, 6) is -0.297. The summed E-state index contributed by atoms with van der Waals surface area (Å²) in [5.41, 5.74) is 1.32. The van der Waals surface area contributed by atoms with Gasteiger partial charge in [-0.25, -0.2) is 4.79 Å². The fraction of sp³-hybridized carbons (Fsp3) is 0.529. The molecule has 0 bridgehead atoms. The Hall–Kier alpha value is -1.59. The molecule has 0 unspecified atom stereocenters. The largest absolute Gasteiger partial charge is 0.465 e. The van der Waals surface area contributed by atoms with E-state index < -0.39 is 5.97 Å². The highest BCUT2D eigenvalue weighted by molar-refractivity contribution is 6.03. The van der Waals surface area contributed by atoms with Crippen molar-refractivity contribution >= 4 is 30.0 Å². The second-order valence-electron chi connectivity index (χ2n) is 6.24. The fourth-order valence-corrected chi connectivity index (χ4v) is 3.59. The molecule has 1 spiro atoms. The van der Waals surface area contributed by atoms with Crippen molar-refractivity contribution in [3.05, 3.63) is 29.8 Å². The van der Waals surface area contributed by atoms with E-state index in [1.807, 2.05) is 12.1 Å². The van der Waals surface area contributed by atoms with Crippen molar-refractivity contribution in [1.82, 2.24) is 5.32 Å². The van der Waals surface area contributed by atoms with Crippen LogP contribution >= 0.6 is 12.4 Å². The first-order valence-electron chi connectivity index (χ1n) is 7.84. The number of hydrogen-bond acceptors (Lipinski definition) is 4. The molecule has 0 saturated carbocycles. The van der Waals surface area contributed by atoms with Crippen LogP contribution in [-0.4, -0.2) is 38.6 Å². The summed E-state index contributed by atoms with van der Waals surface area (Å²) < 4.78 is 4.85. The Labute approximate surface area is 142 Å². The second-order valence-corrected chi connectivity index (χ2v) is 6.24. The Kier molecular flexibility index (Phi) is 5.65. The van der Waals surface area contributed by atoms with Gasteiger partial charge in [0.1, 0.15) is 0 Å². The van der Waals surface area contributed by atoms with Crippen LogP contribution < -0.4 is 10.2 Å². The lowest BCUT2D eigenvalue weighted by atomic mass is 9.72. The predicted molar refractivity (Wildman–Crippen MR) is 91.2 cm³/mol. The number of halogens is 1. The van der Waals surface area contributed by atoms with Gasteiger partial charge in [-0.2, -0.15) is 0 Å². The molecule has 0 aromatic heterocycles. The van der Waals surface area contributed by atoms with Crippen LogP contribution in [0.4, 0.5) is 5.69 Å². The minimum Gasteiger partial charge on any atom is -0.465 e. The van der Waals surface area contributed by atoms with E-state index in [0.29, 0.717) is 24.2 Å². The van der Waals surface area contributed by atoms with Gasteiger partial charge in [-0.15, -0.1) is 12.4 Å². The van der Waals surface area contributed by atoms with Crippen LogP contribution in [0.5, 0.6) is 0 Å². The third-order valence-electron chi connectivity index (χ3n) is 4.93. The quantitative estimate of drug-likeness (QED) is 0.841. The number of anilines is 1. The number of carbonyl (C=O) groups is 2. The fourth-order valence-electron chi connectivity index (χ4n) is 3.59. The lowest BCUT2D eigenvalue weighted by Crippen LogP contribution is -2.51. The van der Waals surface area contributed by atoms with E-state index in [0.717, 1.165) is 32.4 Å². The van der Waals surface area contributed by atoms with Crippen molar-refractivity contribution in [3.63, 3.8) is 0 Å². The van der Waals surface area contributed by atoms with Crippen LogP contribution in [-0.2, 0) is 9.53 Å². The van der Waals surface area contributed by atoms with Gasteiger partial charge in [0.25, 0.3) is 0 Å². The molecule has 5 nitrogen and oxygen atoms in total. The summed E-state index contributed by atoms with van der Waals surface area (Å²) in [6.07, 6.45) is 3.66. The molecule has 23 heavy (non-hydrogen) atoms. The van der Waals surface area contributed by atoms with Crippen LogP contribution in [0.3, 0.4) is 0 Å². The number of benzene rings is 1. The smallest absolute Gasteiger partial charge is 0.339 e. The van der Waals surface area contributed by atoms with Gasteiger partial charge in [-0.05, 0) is 49.9 Å². The van der Waals surface area contributed by atoms with E-state index in [-0.39, 0.29) is 23.7 Å². The highest BCUT2D eigenvalue weighted by Gasteiger charge is 2.40. The Morgan fingerprint density at radius 3 is 2.61 bits per heavy atom. The Morgan fingerprint density at radius 1 is 1.22 bits per heavy atom. The molecule has 2 aliphatic rings. The molecule has 1 N–H and O–H groups in total. The SMILES string of the molecule is COC(=O)c1ccccc1N1CC2(CCNCC2)CCC1=O.Cl. The molecule has 126 valence electrons. The first kappa shape index (κ1) is 17.8. The second kappa shape index (κ2) is 7.32. The maximum atomic E-state index is 12.4. The van der Waals surface area contributed by atoms with Gasteiger partial charge in [-0.1, -0.05) is 12.1 Å². The van der Waals surface area contributed by atoms with Gasteiger partial charge in [0, 0.05) is 13.0 Å². The van der Waals surface area contributed by atoms with Crippen LogP contribution in [0.25, 0.3) is 0 Å². The molecule has 0 radical (unpaired) electrons. The van der Waals surface area contributed by atoms with Gasteiger partial charge >= 0.3 is 5.97 Å². The van der Waals surface area contributed by atoms with E-state index in [9.17, 15) is 9.59 Å². The highest BCUT2D eigenvalue weighted by atomic mass is 35.5. The van der Waals surface area contributed by atoms with Crippen molar-refractivity contribution in [2.24, 2.45) is 5.41 Å². The number of piperidine rings is 2. The summed E-state index contributed by atoms with van der Waals surface area (Å²) in [6.45, 7) is 2.70. The molecule has 1 aromatic rings. The van der Waals surface area contributed by atoms with Gasteiger partial charge in [0.2, 0.25) is 5.91 Å². The zero-order valence-electron chi connectivity index (χ0n) is 13.3. The zero-order valence-corrected chi connectivity index (χ0v) is 14.2. The number of amides is 1. The van der Waals surface area contributed by atoms with E-state index in [1.54, 1.807) is 17.0 Å². The summed E-state index contributed by atoms with van der Waals surface area (Å²) in [4.78, 5) is 26.2. The monoisotopic (exact) mass is 338 g/mol. The Bertz CT molecular complexity index is 585. The van der Waals surface area contributed by atoms with Gasteiger partial charge < -0.3 is 15.0 Å². The Balaban J connectivity index is 0.00000192. The van der Waals surface area contributed by atoms with Crippen LogP contribution in [0.2, 0.25) is 0 Å². The average molecular weight is 339 g/mol. The number of nitrogens with one attached hydrogen (secondary N) is 1. The van der Waals surface area contributed by atoms with Crippen molar-refractivity contribution in [2.45, 2.75) is 25.7 Å². The standard InChI is InChI=1S/C17H22N2O3.ClH/c1-22-16(21)13-4-2-3-5-14(13)19-12-17(7-6-15(19)20)8-10-18-11-9-17;/h2-5,18H,6-12H2,1H3;1H. The molecule has 0 atom stereocenters. The van der Waals surface area contributed by atoms with E-state index >= 15 is 0 Å². The van der Waals surface area contributed by atoms with E-state index in [2.05, 4.69) is 5.32 Å². The maximum absolute atomic E-state index is 12.4. The number of esters is 1. The van der Waals surface area contributed by atoms with Crippen molar-refractivity contribution in [1.29, 1.82) is 0 Å².